The maximum Gasteiger partial charge on any atom is 0.313 e. The zero-order valence-corrected chi connectivity index (χ0v) is 14.9. The molecule has 1 aliphatic rings. The lowest BCUT2D eigenvalue weighted by Gasteiger charge is -2.39. The van der Waals surface area contributed by atoms with Crippen molar-refractivity contribution in [2.45, 2.75) is 31.9 Å². The molecule has 0 aliphatic carbocycles. The van der Waals surface area contributed by atoms with Crippen LogP contribution in [0.15, 0.2) is 30.9 Å². The lowest BCUT2D eigenvalue weighted by atomic mass is 9.86. The van der Waals surface area contributed by atoms with Gasteiger partial charge in [0.1, 0.15) is 12.2 Å². The van der Waals surface area contributed by atoms with E-state index in [1.807, 2.05) is 13.8 Å². The van der Waals surface area contributed by atoms with E-state index in [2.05, 4.69) is 20.5 Å². The van der Waals surface area contributed by atoms with E-state index in [-0.39, 0.29) is 12.3 Å². The minimum Gasteiger partial charge on any atom is -0.469 e. The van der Waals surface area contributed by atoms with Crippen molar-refractivity contribution < 1.29 is 19.1 Å². The van der Waals surface area contributed by atoms with E-state index in [0.717, 1.165) is 0 Å². The molecule has 3 rings (SSSR count). The first-order valence-electron chi connectivity index (χ1n) is 8.24. The summed E-state index contributed by atoms with van der Waals surface area (Å²) in [6.07, 6.45) is 5.44. The second-order valence-corrected chi connectivity index (χ2v) is 6.73. The minimum absolute atomic E-state index is 0.168. The fourth-order valence-corrected chi connectivity index (χ4v) is 2.92. The molecular weight excluding hydrogens is 338 g/mol. The van der Waals surface area contributed by atoms with Gasteiger partial charge in [-0.15, -0.1) is 10.2 Å². The van der Waals surface area contributed by atoms with Gasteiger partial charge in [0.25, 0.3) is 5.91 Å². The van der Waals surface area contributed by atoms with Crippen molar-refractivity contribution in [2.75, 3.05) is 13.7 Å². The number of carbonyl (C=O) groups excluding carboxylic acids is 2. The third-order valence-electron chi connectivity index (χ3n) is 4.32. The summed E-state index contributed by atoms with van der Waals surface area (Å²) in [4.78, 5) is 28.5. The van der Waals surface area contributed by atoms with Gasteiger partial charge in [-0.1, -0.05) is 0 Å². The molecule has 9 heteroatoms. The smallest absolute Gasteiger partial charge is 0.313 e. The van der Waals surface area contributed by atoms with Crippen molar-refractivity contribution in [1.82, 2.24) is 25.1 Å². The van der Waals surface area contributed by atoms with E-state index in [1.54, 1.807) is 35.4 Å². The number of imidazole rings is 1. The Morgan fingerprint density at radius 1 is 1.35 bits per heavy atom. The highest BCUT2D eigenvalue weighted by atomic mass is 16.5. The lowest BCUT2D eigenvalue weighted by Crippen LogP contribution is -2.54. The van der Waals surface area contributed by atoms with Gasteiger partial charge in [-0.2, -0.15) is 0 Å². The molecule has 1 N–H and O–H groups in total. The molecule has 0 aromatic carbocycles. The first-order valence-corrected chi connectivity index (χ1v) is 8.24. The van der Waals surface area contributed by atoms with Crippen LogP contribution >= 0.6 is 0 Å². The number of esters is 1. The van der Waals surface area contributed by atoms with Crippen LogP contribution in [0.2, 0.25) is 0 Å². The lowest BCUT2D eigenvalue weighted by molar-refractivity contribution is -0.159. The van der Waals surface area contributed by atoms with Crippen LogP contribution in [0.1, 0.15) is 30.8 Å². The fraction of sp³-hybridized carbons (Fsp3) is 0.471. The highest BCUT2D eigenvalue weighted by molar-refractivity contribution is 5.92. The highest BCUT2D eigenvalue weighted by Gasteiger charge is 2.41. The van der Waals surface area contributed by atoms with E-state index in [9.17, 15) is 9.59 Å². The third kappa shape index (κ3) is 3.88. The van der Waals surface area contributed by atoms with Crippen molar-refractivity contribution in [3.8, 4) is 5.82 Å². The van der Waals surface area contributed by atoms with Crippen molar-refractivity contribution in [3.63, 3.8) is 0 Å². The highest BCUT2D eigenvalue weighted by Crippen LogP contribution is 2.28. The molecule has 1 saturated heterocycles. The van der Waals surface area contributed by atoms with Crippen LogP contribution in [0.4, 0.5) is 0 Å². The molecule has 2 atom stereocenters. The van der Waals surface area contributed by atoms with Crippen LogP contribution in [-0.4, -0.2) is 57.0 Å². The average molecular weight is 359 g/mol. The molecule has 0 saturated carbocycles. The predicted molar refractivity (Wildman–Crippen MR) is 90.6 cm³/mol. The number of hydrogen-bond acceptors (Lipinski definition) is 7. The molecule has 0 spiro atoms. The standard InChI is InChI=1S/C17H21N5O4/c1-17(2)8-13(11(9-26-17)16(24)25-3)19-15(23)12-4-5-14(21-20-12)22-7-6-18-10-22/h4-7,10-11,13H,8-9H2,1-3H3,(H,19,23). The van der Waals surface area contributed by atoms with Gasteiger partial charge in [-0.05, 0) is 32.4 Å². The summed E-state index contributed by atoms with van der Waals surface area (Å²) in [5, 5.41) is 10.9. The fourth-order valence-electron chi connectivity index (χ4n) is 2.92. The second-order valence-electron chi connectivity index (χ2n) is 6.73. The average Bonchev–Trinajstić information content (AvgIpc) is 3.15. The summed E-state index contributed by atoms with van der Waals surface area (Å²) in [5.41, 5.74) is -0.277. The Balaban J connectivity index is 1.73. The predicted octanol–water partition coefficient (Wildman–Crippen LogP) is 0.749. The van der Waals surface area contributed by atoms with Crippen LogP contribution in [0.3, 0.4) is 0 Å². The molecule has 1 fully saturated rings. The number of carbonyl (C=O) groups is 2. The molecular formula is C17H21N5O4. The summed E-state index contributed by atoms with van der Waals surface area (Å²) >= 11 is 0. The van der Waals surface area contributed by atoms with Gasteiger partial charge >= 0.3 is 5.97 Å². The SMILES string of the molecule is COC(=O)C1COC(C)(C)CC1NC(=O)c1ccc(-n2ccnc2)nn1. The second kappa shape index (κ2) is 7.20. The van der Waals surface area contributed by atoms with Crippen LogP contribution in [0, 0.1) is 5.92 Å². The number of nitrogens with zero attached hydrogens (tertiary/aromatic N) is 4. The van der Waals surface area contributed by atoms with Crippen LogP contribution in [-0.2, 0) is 14.3 Å². The zero-order valence-electron chi connectivity index (χ0n) is 14.9. The van der Waals surface area contributed by atoms with Gasteiger partial charge < -0.3 is 14.8 Å². The Morgan fingerprint density at radius 2 is 2.15 bits per heavy atom. The van der Waals surface area contributed by atoms with Gasteiger partial charge in [0.15, 0.2) is 11.5 Å². The van der Waals surface area contributed by atoms with Gasteiger partial charge in [0, 0.05) is 18.4 Å². The molecule has 0 radical (unpaired) electrons. The number of hydrogen-bond donors (Lipinski definition) is 1. The van der Waals surface area contributed by atoms with Crippen LogP contribution < -0.4 is 5.32 Å². The molecule has 2 unspecified atom stereocenters. The maximum atomic E-state index is 12.6. The first kappa shape index (κ1) is 18.0. The summed E-state index contributed by atoms with van der Waals surface area (Å²) in [6, 6.07) is 2.85. The summed E-state index contributed by atoms with van der Waals surface area (Å²) in [7, 11) is 1.32. The number of nitrogens with one attached hydrogen (secondary N) is 1. The number of ether oxygens (including phenoxy) is 2. The number of aromatic nitrogens is 4. The molecule has 1 amide bonds. The topological polar surface area (TPSA) is 108 Å². The van der Waals surface area contributed by atoms with E-state index < -0.39 is 29.4 Å². The zero-order chi connectivity index (χ0) is 18.7. The Hall–Kier alpha value is -2.81. The largest absolute Gasteiger partial charge is 0.469 e. The van der Waals surface area contributed by atoms with E-state index >= 15 is 0 Å². The Labute approximate surface area is 150 Å². The Morgan fingerprint density at radius 3 is 2.77 bits per heavy atom. The monoisotopic (exact) mass is 359 g/mol. The molecule has 3 heterocycles. The molecule has 138 valence electrons. The van der Waals surface area contributed by atoms with E-state index in [1.165, 1.54) is 7.11 Å². The van der Waals surface area contributed by atoms with Gasteiger partial charge in [0.2, 0.25) is 0 Å². The van der Waals surface area contributed by atoms with Crippen molar-refractivity contribution in [3.05, 3.63) is 36.5 Å². The van der Waals surface area contributed by atoms with E-state index in [4.69, 9.17) is 9.47 Å². The molecule has 9 nitrogen and oxygen atoms in total. The normalized spacial score (nSPS) is 21.8. The minimum atomic E-state index is -0.560. The number of methoxy groups -OCH3 is 1. The van der Waals surface area contributed by atoms with Gasteiger partial charge in [0.05, 0.1) is 19.3 Å². The molecule has 26 heavy (non-hydrogen) atoms. The van der Waals surface area contributed by atoms with E-state index in [0.29, 0.717) is 12.2 Å². The molecule has 0 bridgehead atoms. The summed E-state index contributed by atoms with van der Waals surface area (Å²) in [6.45, 7) is 4.02. The Bertz CT molecular complexity index is 773. The molecule has 1 aliphatic heterocycles. The number of rotatable bonds is 4. The van der Waals surface area contributed by atoms with Gasteiger partial charge in [-0.25, -0.2) is 4.98 Å². The van der Waals surface area contributed by atoms with Crippen LogP contribution in [0.25, 0.3) is 5.82 Å². The number of amides is 1. The summed E-state index contributed by atoms with van der Waals surface area (Å²) in [5.74, 6) is -0.813. The summed E-state index contributed by atoms with van der Waals surface area (Å²) < 4.78 is 12.2. The van der Waals surface area contributed by atoms with Crippen molar-refractivity contribution >= 4 is 11.9 Å². The Kier molecular flexibility index (Phi) is 4.99. The van der Waals surface area contributed by atoms with Crippen molar-refractivity contribution in [1.29, 1.82) is 0 Å². The van der Waals surface area contributed by atoms with Crippen molar-refractivity contribution in [2.24, 2.45) is 5.92 Å². The van der Waals surface area contributed by atoms with Crippen LogP contribution in [0.5, 0.6) is 0 Å². The molecule has 2 aromatic rings. The first-order chi connectivity index (χ1) is 12.4. The maximum absolute atomic E-state index is 12.6. The third-order valence-corrected chi connectivity index (χ3v) is 4.32. The van der Waals surface area contributed by atoms with Gasteiger partial charge in [-0.3, -0.25) is 14.2 Å². The quantitative estimate of drug-likeness (QED) is 0.802. The molecule has 2 aromatic heterocycles.